The van der Waals surface area contributed by atoms with Crippen molar-refractivity contribution in [1.82, 2.24) is 15.3 Å². The smallest absolute Gasteiger partial charge is 0.420 e. The summed E-state index contributed by atoms with van der Waals surface area (Å²) >= 11 is 0. The molecule has 0 saturated carbocycles. The largest absolute Gasteiger partial charge is 0.478 e. The van der Waals surface area contributed by atoms with Gasteiger partial charge in [0, 0.05) is 29.4 Å². The number of nitrogens with two attached hydrogens (primary N) is 1. The van der Waals surface area contributed by atoms with E-state index in [4.69, 9.17) is 15.3 Å². The number of hydrogen-bond acceptors (Lipinski definition) is 6. The van der Waals surface area contributed by atoms with Crippen molar-refractivity contribution in [3.8, 4) is 11.3 Å². The van der Waals surface area contributed by atoms with Gasteiger partial charge in [-0.25, -0.2) is 9.78 Å². The Hall–Kier alpha value is -4.67. The molecule has 0 aliphatic rings. The van der Waals surface area contributed by atoms with Crippen molar-refractivity contribution in [3.05, 3.63) is 83.4 Å². The van der Waals surface area contributed by atoms with Gasteiger partial charge in [-0.2, -0.15) is 13.2 Å². The summed E-state index contributed by atoms with van der Waals surface area (Å²) < 4.78 is 46.6. The summed E-state index contributed by atoms with van der Waals surface area (Å²) in [7, 11) is 0. The number of anilines is 1. The minimum Gasteiger partial charge on any atom is -0.478 e. The van der Waals surface area contributed by atoms with E-state index in [-0.39, 0.29) is 40.1 Å². The molecule has 1 aromatic carbocycles. The minimum absolute atomic E-state index is 0.0890. The molecule has 11 heteroatoms. The third-order valence-corrected chi connectivity index (χ3v) is 4.95. The van der Waals surface area contributed by atoms with Crippen LogP contribution in [-0.2, 0) is 17.5 Å². The molecule has 0 atom stereocenters. The van der Waals surface area contributed by atoms with Crippen molar-refractivity contribution >= 4 is 34.7 Å². The molecule has 4 N–H and O–H groups in total. The summed E-state index contributed by atoms with van der Waals surface area (Å²) in [4.78, 5) is 31.0. The van der Waals surface area contributed by atoms with E-state index < -0.39 is 23.6 Å². The highest BCUT2D eigenvalue weighted by Crippen LogP contribution is 2.39. The molecule has 4 aromatic rings. The Kier molecular flexibility index (Phi) is 6.24. The number of rotatable bonds is 6. The van der Waals surface area contributed by atoms with Crippen LogP contribution in [0.2, 0.25) is 0 Å². The highest BCUT2D eigenvalue weighted by molar-refractivity contribution is 5.92. The zero-order valence-electron chi connectivity index (χ0n) is 17.8. The van der Waals surface area contributed by atoms with Crippen LogP contribution in [0, 0.1) is 0 Å². The summed E-state index contributed by atoms with van der Waals surface area (Å²) in [6, 6.07) is 9.58. The van der Waals surface area contributed by atoms with Crippen molar-refractivity contribution in [2.75, 3.05) is 5.73 Å². The lowest BCUT2D eigenvalue weighted by Gasteiger charge is -2.10. The van der Waals surface area contributed by atoms with Gasteiger partial charge in [0.1, 0.15) is 17.2 Å². The quantitative estimate of drug-likeness (QED) is 0.344. The Bertz CT molecular complexity index is 1430. The summed E-state index contributed by atoms with van der Waals surface area (Å²) in [6.07, 6.45) is 0.597. The summed E-state index contributed by atoms with van der Waals surface area (Å²) in [6.45, 7) is -0.143. The molecule has 0 aliphatic heterocycles. The highest BCUT2D eigenvalue weighted by Gasteiger charge is 2.35. The normalized spacial score (nSPS) is 11.7. The van der Waals surface area contributed by atoms with Crippen LogP contribution in [0.4, 0.5) is 19.0 Å². The number of pyridine rings is 2. The number of carbonyl (C=O) groups is 2. The molecule has 35 heavy (non-hydrogen) atoms. The predicted octanol–water partition coefficient (Wildman–Crippen LogP) is 4.52. The average molecular weight is 482 g/mol. The predicted molar refractivity (Wildman–Crippen MR) is 121 cm³/mol. The van der Waals surface area contributed by atoms with E-state index >= 15 is 0 Å². The number of benzene rings is 1. The first-order chi connectivity index (χ1) is 16.6. The van der Waals surface area contributed by atoms with E-state index in [9.17, 15) is 22.8 Å². The van der Waals surface area contributed by atoms with Crippen LogP contribution in [-0.4, -0.2) is 27.0 Å². The van der Waals surface area contributed by atoms with Crippen LogP contribution in [0.15, 0.2) is 65.4 Å². The van der Waals surface area contributed by atoms with Crippen molar-refractivity contribution in [2.24, 2.45) is 0 Å². The van der Waals surface area contributed by atoms with Crippen LogP contribution < -0.4 is 11.1 Å². The van der Waals surface area contributed by atoms with E-state index in [0.717, 1.165) is 12.3 Å². The molecular formula is C24H17F3N4O4. The fourth-order valence-electron chi connectivity index (χ4n) is 3.26. The number of amides is 1. The van der Waals surface area contributed by atoms with Gasteiger partial charge in [0.05, 0.1) is 23.4 Å². The van der Waals surface area contributed by atoms with Gasteiger partial charge in [0.15, 0.2) is 0 Å². The number of nitrogens with one attached hydrogen (secondary N) is 1. The molecule has 0 aliphatic carbocycles. The lowest BCUT2D eigenvalue weighted by molar-refractivity contribution is -0.136. The average Bonchev–Trinajstić information content (AvgIpc) is 3.24. The van der Waals surface area contributed by atoms with Gasteiger partial charge in [-0.15, -0.1) is 0 Å². The highest BCUT2D eigenvalue weighted by atomic mass is 19.4. The third-order valence-electron chi connectivity index (χ3n) is 4.95. The molecule has 3 aromatic heterocycles. The monoisotopic (exact) mass is 482 g/mol. The first-order valence-corrected chi connectivity index (χ1v) is 10.1. The number of carbonyl (C=O) groups excluding carboxylic acids is 1. The molecule has 0 bridgehead atoms. The van der Waals surface area contributed by atoms with E-state index in [1.165, 1.54) is 42.6 Å². The standard InChI is InChI=1S/C24H17F3N4O4/c25-24(26,27)18-9-15(19-4-3-14(11-29-19)23(33)34)7-16-8-17(35-22(16)18)12-31-21(32)6-2-13-1-5-20(28)30-10-13/h1-11H,12H2,(H2,28,30)(H,31,32)(H,33,34). The van der Waals surface area contributed by atoms with Gasteiger partial charge in [0.2, 0.25) is 5.91 Å². The second-order valence-electron chi connectivity index (χ2n) is 7.46. The fourth-order valence-corrected chi connectivity index (χ4v) is 3.26. The second-order valence-corrected chi connectivity index (χ2v) is 7.46. The Balaban J connectivity index is 1.57. The van der Waals surface area contributed by atoms with Crippen LogP contribution in [0.5, 0.6) is 0 Å². The molecule has 0 unspecified atom stereocenters. The van der Waals surface area contributed by atoms with E-state index in [2.05, 4.69) is 15.3 Å². The third kappa shape index (κ3) is 5.46. The molecule has 8 nitrogen and oxygen atoms in total. The molecule has 3 heterocycles. The molecule has 0 saturated heterocycles. The molecule has 4 rings (SSSR count). The zero-order chi connectivity index (χ0) is 25.2. The summed E-state index contributed by atoms with van der Waals surface area (Å²) in [5, 5.41) is 11.7. The first kappa shape index (κ1) is 23.5. The SMILES string of the molecule is Nc1ccc(C=CC(=O)NCc2cc3cc(-c4ccc(C(=O)O)cn4)cc(C(F)(F)F)c3o2)cn1. The van der Waals surface area contributed by atoms with Gasteiger partial charge in [-0.3, -0.25) is 9.78 Å². The number of halogens is 3. The second kappa shape index (κ2) is 9.29. The number of carboxylic acids is 1. The van der Waals surface area contributed by atoms with Gasteiger partial charge in [0.25, 0.3) is 0 Å². The molecule has 0 spiro atoms. The number of fused-ring (bicyclic) bond motifs is 1. The van der Waals surface area contributed by atoms with Crippen molar-refractivity contribution in [3.63, 3.8) is 0 Å². The molecular weight excluding hydrogens is 465 g/mol. The number of hydrogen-bond donors (Lipinski definition) is 3. The molecule has 1 amide bonds. The number of aromatic carboxylic acids is 1. The van der Waals surface area contributed by atoms with Crippen LogP contribution in [0.1, 0.15) is 27.2 Å². The Morgan fingerprint density at radius 2 is 1.89 bits per heavy atom. The number of nitrogen functional groups attached to an aromatic ring is 1. The maximum atomic E-state index is 13.7. The number of alkyl halides is 3. The number of nitrogens with zero attached hydrogens (tertiary/aromatic N) is 2. The van der Waals surface area contributed by atoms with Crippen LogP contribution in [0.3, 0.4) is 0 Å². The number of carboxylic acid groups (broad SMARTS) is 1. The van der Waals surface area contributed by atoms with Crippen molar-refractivity contribution in [2.45, 2.75) is 12.7 Å². The van der Waals surface area contributed by atoms with Crippen LogP contribution >= 0.6 is 0 Å². The van der Waals surface area contributed by atoms with E-state index in [1.54, 1.807) is 12.1 Å². The minimum atomic E-state index is -4.72. The lowest BCUT2D eigenvalue weighted by Crippen LogP contribution is -2.19. The lowest BCUT2D eigenvalue weighted by atomic mass is 10.0. The Morgan fingerprint density at radius 1 is 1.09 bits per heavy atom. The maximum Gasteiger partial charge on any atom is 0.420 e. The van der Waals surface area contributed by atoms with E-state index in [1.807, 2.05) is 0 Å². The van der Waals surface area contributed by atoms with Gasteiger partial charge in [-0.1, -0.05) is 0 Å². The topological polar surface area (TPSA) is 131 Å². The van der Waals surface area contributed by atoms with E-state index in [0.29, 0.717) is 11.4 Å². The Morgan fingerprint density at radius 3 is 2.51 bits per heavy atom. The van der Waals surface area contributed by atoms with Crippen molar-refractivity contribution < 1.29 is 32.3 Å². The summed E-state index contributed by atoms with van der Waals surface area (Å²) in [5.41, 5.74) is 4.97. The number of aromatic nitrogens is 2. The van der Waals surface area contributed by atoms with Crippen LogP contribution in [0.25, 0.3) is 28.3 Å². The first-order valence-electron chi connectivity index (χ1n) is 10.1. The molecule has 0 radical (unpaired) electrons. The summed E-state index contributed by atoms with van der Waals surface area (Å²) in [5.74, 6) is -1.22. The molecule has 0 fully saturated rings. The van der Waals surface area contributed by atoms with Gasteiger partial charge >= 0.3 is 12.1 Å². The van der Waals surface area contributed by atoms with Crippen molar-refractivity contribution in [1.29, 1.82) is 0 Å². The van der Waals surface area contributed by atoms with Gasteiger partial charge < -0.3 is 20.6 Å². The fraction of sp³-hybridized carbons (Fsp3) is 0.0833. The zero-order valence-corrected chi connectivity index (χ0v) is 17.8. The van der Waals surface area contributed by atoms with Gasteiger partial charge in [-0.05, 0) is 54.1 Å². The molecule has 178 valence electrons. The number of furan rings is 1. The maximum absolute atomic E-state index is 13.7. The Labute approximate surface area is 195 Å².